The molecule has 0 radical (unpaired) electrons. The molecule has 1 amide bonds. The molecule has 3 aliphatic rings. The number of carbonyl (C=O) groups excluding carboxylic acids is 1. The van der Waals surface area contributed by atoms with Crippen LogP contribution in [-0.4, -0.2) is 49.2 Å². The lowest BCUT2D eigenvalue weighted by Gasteiger charge is -2.34. The second-order valence-corrected chi connectivity index (χ2v) is 7.90. The van der Waals surface area contributed by atoms with Crippen LogP contribution in [0.25, 0.3) is 0 Å². The van der Waals surface area contributed by atoms with Gasteiger partial charge < -0.3 is 14.5 Å². The third-order valence-corrected chi connectivity index (χ3v) is 6.13. The summed E-state index contributed by atoms with van der Waals surface area (Å²) in [4.78, 5) is 27.6. The Kier molecular flexibility index (Phi) is 5.14. The molecule has 0 bridgehead atoms. The van der Waals surface area contributed by atoms with E-state index < -0.39 is 5.63 Å². The van der Waals surface area contributed by atoms with Crippen LogP contribution in [-0.2, 0) is 4.74 Å². The summed E-state index contributed by atoms with van der Waals surface area (Å²) in [6.45, 7) is 5.06. The van der Waals surface area contributed by atoms with Gasteiger partial charge in [-0.25, -0.2) is 4.79 Å². The highest BCUT2D eigenvalue weighted by molar-refractivity contribution is 5.95. The van der Waals surface area contributed by atoms with E-state index in [2.05, 4.69) is 10.2 Å². The van der Waals surface area contributed by atoms with Gasteiger partial charge in [0.15, 0.2) is 0 Å². The molecule has 2 aliphatic heterocycles. The molecular formula is C20H28N2O4. The summed E-state index contributed by atoms with van der Waals surface area (Å²) in [5, 5.41) is 3.04. The predicted molar refractivity (Wildman–Crippen MR) is 97.6 cm³/mol. The highest BCUT2D eigenvalue weighted by Gasteiger charge is 2.35. The fourth-order valence-electron chi connectivity index (χ4n) is 4.33. The Morgan fingerprint density at radius 1 is 1.15 bits per heavy atom. The van der Waals surface area contributed by atoms with Crippen LogP contribution in [0.15, 0.2) is 15.3 Å². The van der Waals surface area contributed by atoms with Gasteiger partial charge in [-0.15, -0.1) is 0 Å². The predicted octanol–water partition coefficient (Wildman–Crippen LogP) is 2.20. The third-order valence-electron chi connectivity index (χ3n) is 6.13. The largest absolute Gasteiger partial charge is 0.427 e. The van der Waals surface area contributed by atoms with Crippen molar-refractivity contribution in [2.75, 3.05) is 26.3 Å². The van der Waals surface area contributed by atoms with Gasteiger partial charge in [-0.3, -0.25) is 9.69 Å². The molecule has 6 nitrogen and oxygen atoms in total. The third kappa shape index (κ3) is 3.45. The zero-order valence-electron chi connectivity index (χ0n) is 15.5. The van der Waals surface area contributed by atoms with Crippen molar-refractivity contribution in [1.82, 2.24) is 10.2 Å². The van der Waals surface area contributed by atoms with E-state index in [4.69, 9.17) is 9.15 Å². The molecule has 1 aromatic heterocycles. The molecule has 1 aromatic rings. The first-order chi connectivity index (χ1) is 12.6. The van der Waals surface area contributed by atoms with Gasteiger partial charge in [0.1, 0.15) is 11.3 Å². The van der Waals surface area contributed by atoms with Gasteiger partial charge in [0, 0.05) is 5.92 Å². The van der Waals surface area contributed by atoms with Gasteiger partial charge in [0.2, 0.25) is 0 Å². The fourth-order valence-corrected chi connectivity index (χ4v) is 4.33. The first-order valence-electron chi connectivity index (χ1n) is 9.91. The summed E-state index contributed by atoms with van der Waals surface area (Å²) in [6.07, 6.45) is 6.96. The molecular weight excluding hydrogens is 332 g/mol. The van der Waals surface area contributed by atoms with E-state index in [9.17, 15) is 9.59 Å². The zero-order valence-corrected chi connectivity index (χ0v) is 15.5. The van der Waals surface area contributed by atoms with Crippen LogP contribution in [0.2, 0.25) is 0 Å². The highest BCUT2D eigenvalue weighted by atomic mass is 16.5. The monoisotopic (exact) mass is 360 g/mol. The summed E-state index contributed by atoms with van der Waals surface area (Å²) in [7, 11) is 0. The van der Waals surface area contributed by atoms with E-state index in [1.165, 1.54) is 25.7 Å². The number of amides is 1. The molecule has 0 spiro atoms. The maximum Gasteiger partial charge on any atom is 0.349 e. The van der Waals surface area contributed by atoms with E-state index in [0.29, 0.717) is 24.7 Å². The summed E-state index contributed by atoms with van der Waals surface area (Å²) in [5.41, 5.74) is 0.323. The van der Waals surface area contributed by atoms with Gasteiger partial charge in [-0.2, -0.15) is 0 Å². The average Bonchev–Trinajstić information content (AvgIpc) is 3.01. The van der Waals surface area contributed by atoms with Crippen LogP contribution in [0.4, 0.5) is 0 Å². The van der Waals surface area contributed by atoms with Crippen LogP contribution < -0.4 is 10.9 Å². The molecule has 6 heteroatoms. The van der Waals surface area contributed by atoms with E-state index >= 15 is 0 Å². The van der Waals surface area contributed by atoms with Crippen LogP contribution in [0.5, 0.6) is 0 Å². The molecule has 0 unspecified atom stereocenters. The molecule has 1 saturated carbocycles. The number of rotatable bonds is 4. The Labute approximate surface area is 153 Å². The second kappa shape index (κ2) is 7.53. The molecule has 1 N–H and O–H groups in total. The van der Waals surface area contributed by atoms with Crippen LogP contribution in [0.3, 0.4) is 0 Å². The molecule has 2 atom stereocenters. The van der Waals surface area contributed by atoms with Crippen molar-refractivity contribution in [3.63, 3.8) is 0 Å². The molecule has 142 valence electrons. The number of carbonyl (C=O) groups is 1. The molecule has 3 fully saturated rings. The Balaban J connectivity index is 1.48. The Bertz CT molecular complexity index is 719. The minimum Gasteiger partial charge on any atom is -0.427 e. The second-order valence-electron chi connectivity index (χ2n) is 7.90. The number of hydrogen-bond acceptors (Lipinski definition) is 5. The Morgan fingerprint density at radius 2 is 1.92 bits per heavy atom. The van der Waals surface area contributed by atoms with Crippen LogP contribution in [0, 0.1) is 6.92 Å². The Morgan fingerprint density at radius 3 is 2.58 bits per heavy atom. The van der Waals surface area contributed by atoms with E-state index in [1.807, 2.05) is 13.0 Å². The van der Waals surface area contributed by atoms with Crippen molar-refractivity contribution >= 4 is 5.91 Å². The maximum atomic E-state index is 12.8. The zero-order chi connectivity index (χ0) is 18.1. The lowest BCUT2D eigenvalue weighted by molar-refractivity contribution is 0.0894. The standard InChI is InChI=1S/C20H28N2O4/c1-13-10-17(14-6-5-7-14)26-20(24)18(13)19(23)21-15-11-25-12-16(15)22-8-3-2-4-9-22/h10,14-16H,2-9,11-12H2,1H3,(H,21,23)/t15-,16-/m0/s1. The summed E-state index contributed by atoms with van der Waals surface area (Å²) < 4.78 is 11.1. The molecule has 2 saturated heterocycles. The number of nitrogens with one attached hydrogen (secondary N) is 1. The summed E-state index contributed by atoms with van der Waals surface area (Å²) >= 11 is 0. The number of piperidine rings is 1. The van der Waals surface area contributed by atoms with Crippen molar-refractivity contribution < 1.29 is 13.9 Å². The van der Waals surface area contributed by atoms with Gasteiger partial charge >= 0.3 is 5.63 Å². The van der Waals surface area contributed by atoms with Crippen molar-refractivity contribution in [2.24, 2.45) is 0 Å². The molecule has 0 aromatic carbocycles. The number of likely N-dealkylation sites (tertiary alicyclic amines) is 1. The first-order valence-corrected chi connectivity index (χ1v) is 9.91. The number of ether oxygens (including phenoxy) is 1. The van der Waals surface area contributed by atoms with Crippen LogP contribution in [0.1, 0.15) is 66.1 Å². The molecule has 1 aliphatic carbocycles. The summed E-state index contributed by atoms with van der Waals surface area (Å²) in [6, 6.07) is 1.99. The number of nitrogens with zero attached hydrogens (tertiary/aromatic N) is 1. The minimum absolute atomic E-state index is 0.0780. The normalized spacial score (nSPS) is 27.3. The lowest BCUT2D eigenvalue weighted by Crippen LogP contribution is -2.53. The van der Waals surface area contributed by atoms with Crippen molar-refractivity contribution in [3.05, 3.63) is 33.4 Å². The fraction of sp³-hybridized carbons (Fsp3) is 0.700. The topological polar surface area (TPSA) is 71.8 Å². The maximum absolute atomic E-state index is 12.8. The molecule has 26 heavy (non-hydrogen) atoms. The lowest BCUT2D eigenvalue weighted by atomic mass is 9.83. The van der Waals surface area contributed by atoms with E-state index in [-0.39, 0.29) is 23.6 Å². The van der Waals surface area contributed by atoms with Crippen LogP contribution >= 0.6 is 0 Å². The smallest absolute Gasteiger partial charge is 0.349 e. The molecule has 4 rings (SSSR count). The average molecular weight is 360 g/mol. The van der Waals surface area contributed by atoms with Crippen molar-refractivity contribution in [1.29, 1.82) is 0 Å². The van der Waals surface area contributed by atoms with Crippen molar-refractivity contribution in [3.8, 4) is 0 Å². The SMILES string of the molecule is Cc1cc(C2CCC2)oc(=O)c1C(=O)N[C@H]1COC[C@@H]1N1CCCCC1. The number of aryl methyl sites for hydroxylation is 1. The molecule has 3 heterocycles. The van der Waals surface area contributed by atoms with E-state index in [0.717, 1.165) is 31.7 Å². The number of hydrogen-bond donors (Lipinski definition) is 1. The summed E-state index contributed by atoms with van der Waals surface area (Å²) in [5.74, 6) is 0.727. The Hall–Kier alpha value is -1.66. The van der Waals surface area contributed by atoms with Crippen molar-refractivity contribution in [2.45, 2.75) is 63.5 Å². The highest BCUT2D eigenvalue weighted by Crippen LogP contribution is 2.36. The van der Waals surface area contributed by atoms with Gasteiger partial charge in [-0.1, -0.05) is 12.8 Å². The van der Waals surface area contributed by atoms with Gasteiger partial charge in [-0.05, 0) is 57.3 Å². The minimum atomic E-state index is -0.516. The van der Waals surface area contributed by atoms with E-state index in [1.54, 1.807) is 0 Å². The van der Waals surface area contributed by atoms with Gasteiger partial charge in [0.25, 0.3) is 5.91 Å². The quantitative estimate of drug-likeness (QED) is 0.891. The first kappa shape index (κ1) is 17.7. The van der Waals surface area contributed by atoms with Gasteiger partial charge in [0.05, 0.1) is 25.3 Å².